The van der Waals surface area contributed by atoms with Crippen LogP contribution < -0.4 is 5.32 Å². The summed E-state index contributed by atoms with van der Waals surface area (Å²) in [6.07, 6.45) is 7.48. The lowest BCUT2D eigenvalue weighted by Crippen LogP contribution is -2.66. The highest BCUT2D eigenvalue weighted by Crippen LogP contribution is 2.22. The minimum absolute atomic E-state index is 0.00329. The van der Waals surface area contributed by atoms with Gasteiger partial charge in [0.15, 0.2) is 0 Å². The lowest BCUT2D eigenvalue weighted by Gasteiger charge is -2.43. The molecule has 0 radical (unpaired) electrons. The molecule has 4 atom stereocenters. The van der Waals surface area contributed by atoms with Crippen LogP contribution in [0.1, 0.15) is 47.0 Å². The first kappa shape index (κ1) is 15.6. The van der Waals surface area contributed by atoms with Crippen molar-refractivity contribution in [1.29, 1.82) is 0 Å². The minimum atomic E-state index is -0.439. The largest absolute Gasteiger partial charge is 0.342 e. The number of hydrogen-bond donors (Lipinski definition) is 1. The molecular weight excluding hydrogens is 240 g/mol. The third-order valence-corrected chi connectivity index (χ3v) is 4.05. The Bertz CT molecular complexity index is 386. The third-order valence-electron chi connectivity index (χ3n) is 4.05. The van der Waals surface area contributed by atoms with Crippen LogP contribution in [-0.2, 0) is 9.59 Å². The van der Waals surface area contributed by atoms with E-state index in [2.05, 4.69) is 11.2 Å². The van der Waals surface area contributed by atoms with Crippen LogP contribution in [0.15, 0.2) is 0 Å². The van der Waals surface area contributed by atoms with E-state index in [4.69, 9.17) is 6.42 Å². The predicted octanol–water partition coefficient (Wildman–Crippen LogP) is 1.55. The number of nitrogens with zero attached hydrogens (tertiary/aromatic N) is 1. The van der Waals surface area contributed by atoms with E-state index in [0.29, 0.717) is 6.42 Å². The fourth-order valence-corrected chi connectivity index (χ4v) is 2.51. The topological polar surface area (TPSA) is 49.4 Å². The summed E-state index contributed by atoms with van der Waals surface area (Å²) in [6, 6.07) is -0.906. The Labute approximate surface area is 115 Å². The van der Waals surface area contributed by atoms with Gasteiger partial charge in [-0.15, -0.1) is 12.3 Å². The molecule has 19 heavy (non-hydrogen) atoms. The van der Waals surface area contributed by atoms with Crippen molar-refractivity contribution < 1.29 is 9.59 Å². The van der Waals surface area contributed by atoms with Crippen molar-refractivity contribution in [3.8, 4) is 12.3 Å². The smallest absolute Gasteiger partial charge is 0.246 e. The maximum atomic E-state index is 12.6. The molecule has 4 unspecified atom stereocenters. The molecule has 4 heteroatoms. The summed E-state index contributed by atoms with van der Waals surface area (Å²) in [7, 11) is 0. The zero-order valence-corrected chi connectivity index (χ0v) is 12.3. The van der Waals surface area contributed by atoms with Crippen LogP contribution in [0.5, 0.6) is 0 Å². The number of rotatable bonds is 5. The van der Waals surface area contributed by atoms with Crippen molar-refractivity contribution >= 4 is 11.8 Å². The molecule has 1 saturated heterocycles. The van der Waals surface area contributed by atoms with Crippen LogP contribution in [0, 0.1) is 18.3 Å². The van der Waals surface area contributed by atoms with Gasteiger partial charge in [0, 0.05) is 12.5 Å². The first-order valence-corrected chi connectivity index (χ1v) is 7.03. The number of hydrogen-bond acceptors (Lipinski definition) is 2. The van der Waals surface area contributed by atoms with Gasteiger partial charge in [0.05, 0.1) is 0 Å². The van der Waals surface area contributed by atoms with Crippen LogP contribution in [-0.4, -0.2) is 34.8 Å². The zero-order valence-electron chi connectivity index (χ0n) is 12.3. The van der Waals surface area contributed by atoms with Gasteiger partial charge in [-0.2, -0.15) is 0 Å². The van der Waals surface area contributed by atoms with Crippen molar-refractivity contribution in [2.24, 2.45) is 5.92 Å². The monoisotopic (exact) mass is 264 g/mol. The third kappa shape index (κ3) is 3.09. The molecule has 0 bridgehead atoms. The van der Waals surface area contributed by atoms with Gasteiger partial charge >= 0.3 is 0 Å². The second-order valence-electron chi connectivity index (χ2n) is 5.26. The van der Waals surface area contributed by atoms with E-state index in [1.807, 2.05) is 20.8 Å². The van der Waals surface area contributed by atoms with Crippen molar-refractivity contribution in [3.05, 3.63) is 0 Å². The van der Waals surface area contributed by atoms with E-state index in [-0.39, 0.29) is 23.8 Å². The minimum Gasteiger partial charge on any atom is -0.342 e. The number of nitrogens with one attached hydrogen (secondary N) is 1. The Hall–Kier alpha value is -1.50. The molecule has 4 nitrogen and oxygen atoms in total. The summed E-state index contributed by atoms with van der Waals surface area (Å²) in [5.74, 6) is 2.66. The Morgan fingerprint density at radius 1 is 1.37 bits per heavy atom. The van der Waals surface area contributed by atoms with E-state index < -0.39 is 12.1 Å². The van der Waals surface area contributed by atoms with Gasteiger partial charge in [-0.25, -0.2) is 0 Å². The predicted molar refractivity (Wildman–Crippen MR) is 75.2 cm³/mol. The standard InChI is InChI=1S/C15H24N2O2/c1-6-9-12(8-3)17-11(5)14(18)16-13(15(17)19)10(4)7-2/h1,10-13H,7-9H2,2-5H3,(H,16,18). The molecule has 1 fully saturated rings. The molecule has 1 heterocycles. The molecule has 0 spiro atoms. The quantitative estimate of drug-likeness (QED) is 0.766. The number of carbonyl (C=O) groups excluding carboxylic acids is 2. The Balaban J connectivity index is 3.02. The van der Waals surface area contributed by atoms with Gasteiger partial charge in [-0.05, 0) is 19.3 Å². The second kappa shape index (κ2) is 6.60. The Morgan fingerprint density at radius 2 is 2.00 bits per heavy atom. The van der Waals surface area contributed by atoms with Gasteiger partial charge < -0.3 is 10.2 Å². The van der Waals surface area contributed by atoms with Gasteiger partial charge in [-0.1, -0.05) is 27.2 Å². The molecule has 0 aromatic carbocycles. The van der Waals surface area contributed by atoms with Gasteiger partial charge in [0.1, 0.15) is 12.1 Å². The maximum absolute atomic E-state index is 12.6. The van der Waals surface area contributed by atoms with E-state index in [0.717, 1.165) is 12.8 Å². The van der Waals surface area contributed by atoms with Crippen molar-refractivity contribution in [2.75, 3.05) is 0 Å². The zero-order chi connectivity index (χ0) is 14.6. The molecule has 1 N–H and O–H groups in total. The van der Waals surface area contributed by atoms with Crippen LogP contribution in [0.2, 0.25) is 0 Å². The number of carbonyl (C=O) groups is 2. The number of piperazine rings is 1. The molecular formula is C15H24N2O2. The van der Waals surface area contributed by atoms with Gasteiger partial charge in [-0.3, -0.25) is 9.59 Å². The van der Waals surface area contributed by atoms with E-state index in [1.165, 1.54) is 0 Å². The van der Waals surface area contributed by atoms with Crippen molar-refractivity contribution in [1.82, 2.24) is 10.2 Å². The maximum Gasteiger partial charge on any atom is 0.246 e. The molecule has 0 aromatic heterocycles. The fraction of sp³-hybridized carbons (Fsp3) is 0.733. The normalized spacial score (nSPS) is 26.6. The number of terminal acetylenes is 1. The summed E-state index contributed by atoms with van der Waals surface area (Å²) in [5.41, 5.74) is 0. The highest BCUT2D eigenvalue weighted by molar-refractivity contribution is 5.97. The molecule has 106 valence electrons. The SMILES string of the molecule is C#CCC(CC)N1C(=O)C(C(C)CC)NC(=O)C1C. The fourth-order valence-electron chi connectivity index (χ4n) is 2.51. The summed E-state index contributed by atoms with van der Waals surface area (Å²) in [4.78, 5) is 26.3. The Morgan fingerprint density at radius 3 is 2.47 bits per heavy atom. The Kier molecular flexibility index (Phi) is 5.41. The highest BCUT2D eigenvalue weighted by atomic mass is 16.2. The van der Waals surface area contributed by atoms with Crippen molar-refractivity contribution in [3.63, 3.8) is 0 Å². The average molecular weight is 264 g/mol. The lowest BCUT2D eigenvalue weighted by atomic mass is 9.92. The molecule has 0 saturated carbocycles. The van der Waals surface area contributed by atoms with Crippen LogP contribution in [0.3, 0.4) is 0 Å². The van der Waals surface area contributed by atoms with E-state index >= 15 is 0 Å². The summed E-state index contributed by atoms with van der Waals surface area (Å²) >= 11 is 0. The average Bonchev–Trinajstić information content (AvgIpc) is 2.41. The van der Waals surface area contributed by atoms with Crippen LogP contribution in [0.4, 0.5) is 0 Å². The van der Waals surface area contributed by atoms with Crippen molar-refractivity contribution in [2.45, 2.75) is 65.1 Å². The number of amides is 2. The first-order chi connectivity index (χ1) is 8.97. The van der Waals surface area contributed by atoms with Crippen LogP contribution >= 0.6 is 0 Å². The van der Waals surface area contributed by atoms with Gasteiger partial charge in [0.25, 0.3) is 0 Å². The molecule has 1 aliphatic rings. The summed E-state index contributed by atoms with van der Waals surface area (Å²) in [6.45, 7) is 7.76. The highest BCUT2D eigenvalue weighted by Gasteiger charge is 2.42. The molecule has 1 aliphatic heterocycles. The van der Waals surface area contributed by atoms with Crippen LogP contribution in [0.25, 0.3) is 0 Å². The summed E-state index contributed by atoms with van der Waals surface area (Å²) in [5, 5.41) is 2.84. The second-order valence-corrected chi connectivity index (χ2v) is 5.26. The van der Waals surface area contributed by atoms with Gasteiger partial charge in [0.2, 0.25) is 11.8 Å². The van der Waals surface area contributed by atoms with E-state index in [1.54, 1.807) is 11.8 Å². The van der Waals surface area contributed by atoms with E-state index in [9.17, 15) is 9.59 Å². The molecule has 0 aliphatic carbocycles. The molecule has 0 aromatic rings. The summed E-state index contributed by atoms with van der Waals surface area (Å²) < 4.78 is 0. The lowest BCUT2D eigenvalue weighted by molar-refractivity contribution is -0.152. The first-order valence-electron chi connectivity index (χ1n) is 7.03. The molecule has 2 amide bonds. The molecule has 1 rings (SSSR count).